The molecule has 1 heterocycles. The van der Waals surface area contributed by atoms with Gasteiger partial charge in [-0.15, -0.1) is 0 Å². The molecule has 6 heteroatoms. The number of thioether (sulfide) groups is 1. The Bertz CT molecular complexity index is 830. The Hall–Kier alpha value is -2.24. The molecule has 128 valence electrons. The molecule has 0 saturated carbocycles. The van der Waals surface area contributed by atoms with Crippen LogP contribution in [0.5, 0.6) is 5.75 Å². The van der Waals surface area contributed by atoms with Gasteiger partial charge in [0, 0.05) is 12.1 Å². The molecule has 2 aromatic rings. The number of benzene rings is 2. The number of carbonyl (C=O) groups excluding carboxylic acids is 1. The van der Waals surface area contributed by atoms with E-state index < -0.39 is 0 Å². The van der Waals surface area contributed by atoms with Crippen molar-refractivity contribution in [2.24, 2.45) is 4.99 Å². The van der Waals surface area contributed by atoms with Gasteiger partial charge < -0.3 is 4.74 Å². The van der Waals surface area contributed by atoms with Crippen LogP contribution in [0.3, 0.4) is 0 Å². The topological polar surface area (TPSA) is 41.9 Å². The van der Waals surface area contributed by atoms with Crippen LogP contribution in [0.25, 0.3) is 6.08 Å². The summed E-state index contributed by atoms with van der Waals surface area (Å²) in [4.78, 5) is 19.2. The zero-order chi connectivity index (χ0) is 17.8. The van der Waals surface area contributed by atoms with E-state index in [2.05, 4.69) is 4.99 Å². The SMILES string of the molecule is CCOc1ccc(C=C2SC(=Nc3ccc(Cl)cc3)N(C)C2=O)cc1. The summed E-state index contributed by atoms with van der Waals surface area (Å²) in [6, 6.07) is 14.8. The molecule has 0 bridgehead atoms. The first kappa shape index (κ1) is 17.6. The molecule has 0 unspecified atom stereocenters. The summed E-state index contributed by atoms with van der Waals surface area (Å²) >= 11 is 7.25. The second-order valence-corrected chi connectivity index (χ2v) is 6.79. The number of hydrogen-bond donors (Lipinski definition) is 0. The molecule has 1 aliphatic heterocycles. The lowest BCUT2D eigenvalue weighted by Crippen LogP contribution is -2.23. The van der Waals surface area contributed by atoms with Gasteiger partial charge in [-0.3, -0.25) is 9.69 Å². The predicted molar refractivity (Wildman–Crippen MR) is 104 cm³/mol. The highest BCUT2D eigenvalue weighted by molar-refractivity contribution is 8.18. The molecule has 0 radical (unpaired) electrons. The Morgan fingerprint density at radius 2 is 1.84 bits per heavy atom. The summed E-state index contributed by atoms with van der Waals surface area (Å²) in [5.41, 5.74) is 1.70. The zero-order valence-electron chi connectivity index (χ0n) is 13.9. The highest BCUT2D eigenvalue weighted by Crippen LogP contribution is 2.33. The maximum atomic E-state index is 12.4. The minimum Gasteiger partial charge on any atom is -0.494 e. The number of rotatable bonds is 4. The normalized spacial score (nSPS) is 17.6. The van der Waals surface area contributed by atoms with E-state index in [-0.39, 0.29) is 5.91 Å². The Morgan fingerprint density at radius 1 is 1.16 bits per heavy atom. The van der Waals surface area contributed by atoms with Crippen LogP contribution in [-0.4, -0.2) is 29.6 Å². The van der Waals surface area contributed by atoms with E-state index in [0.29, 0.717) is 21.7 Å². The molecular weight excluding hydrogens is 356 g/mol. The van der Waals surface area contributed by atoms with Crippen molar-refractivity contribution < 1.29 is 9.53 Å². The summed E-state index contributed by atoms with van der Waals surface area (Å²) < 4.78 is 5.43. The average Bonchev–Trinajstić information content (AvgIpc) is 2.87. The largest absolute Gasteiger partial charge is 0.494 e. The van der Waals surface area contributed by atoms with E-state index in [1.807, 2.05) is 49.4 Å². The first-order valence-corrected chi connectivity index (χ1v) is 9.01. The molecule has 0 aromatic heterocycles. The van der Waals surface area contributed by atoms with E-state index in [4.69, 9.17) is 16.3 Å². The standard InChI is InChI=1S/C19H17ClN2O2S/c1-3-24-16-10-4-13(5-11-16)12-17-18(23)22(2)19(25-17)21-15-8-6-14(20)7-9-15/h4-12H,3H2,1-2H3. The van der Waals surface area contributed by atoms with Gasteiger partial charge in [0.1, 0.15) is 5.75 Å². The van der Waals surface area contributed by atoms with Crippen LogP contribution < -0.4 is 4.74 Å². The van der Waals surface area contributed by atoms with Crippen LogP contribution in [-0.2, 0) is 4.79 Å². The van der Waals surface area contributed by atoms with Gasteiger partial charge in [-0.05, 0) is 66.7 Å². The lowest BCUT2D eigenvalue weighted by Gasteiger charge is -2.07. The minimum absolute atomic E-state index is 0.0633. The number of hydrogen-bond acceptors (Lipinski definition) is 4. The van der Waals surface area contributed by atoms with Crippen LogP contribution >= 0.6 is 23.4 Å². The van der Waals surface area contributed by atoms with E-state index in [9.17, 15) is 4.79 Å². The summed E-state index contributed by atoms with van der Waals surface area (Å²) in [6.07, 6.45) is 1.86. The Kier molecular flexibility index (Phi) is 5.46. The van der Waals surface area contributed by atoms with Crippen LogP contribution in [0, 0.1) is 0 Å². The van der Waals surface area contributed by atoms with Crippen molar-refractivity contribution >= 4 is 46.2 Å². The number of amidine groups is 1. The zero-order valence-corrected chi connectivity index (χ0v) is 15.5. The molecular formula is C19H17ClN2O2S. The van der Waals surface area contributed by atoms with Gasteiger partial charge in [0.15, 0.2) is 5.17 Å². The van der Waals surface area contributed by atoms with Gasteiger partial charge >= 0.3 is 0 Å². The quantitative estimate of drug-likeness (QED) is 0.711. The van der Waals surface area contributed by atoms with E-state index in [1.54, 1.807) is 24.1 Å². The maximum absolute atomic E-state index is 12.4. The highest BCUT2D eigenvalue weighted by Gasteiger charge is 2.30. The Balaban J connectivity index is 1.81. The molecule has 0 atom stereocenters. The number of likely N-dealkylation sites (N-methyl/N-ethyl adjacent to an activating group) is 1. The van der Waals surface area contributed by atoms with Crippen LogP contribution in [0.15, 0.2) is 58.4 Å². The van der Waals surface area contributed by atoms with Gasteiger partial charge in [0.2, 0.25) is 0 Å². The van der Waals surface area contributed by atoms with Crippen molar-refractivity contribution in [2.75, 3.05) is 13.7 Å². The number of nitrogens with zero attached hydrogens (tertiary/aromatic N) is 2. The second-order valence-electron chi connectivity index (χ2n) is 5.35. The first-order chi connectivity index (χ1) is 12.1. The smallest absolute Gasteiger partial charge is 0.266 e. The van der Waals surface area contributed by atoms with Crippen molar-refractivity contribution in [1.82, 2.24) is 4.90 Å². The Morgan fingerprint density at radius 3 is 2.48 bits per heavy atom. The van der Waals surface area contributed by atoms with Crippen molar-refractivity contribution in [3.8, 4) is 5.75 Å². The molecule has 0 aliphatic carbocycles. The molecule has 1 saturated heterocycles. The monoisotopic (exact) mass is 372 g/mol. The minimum atomic E-state index is -0.0633. The fourth-order valence-corrected chi connectivity index (χ4v) is 3.37. The third kappa shape index (κ3) is 4.24. The molecule has 3 rings (SSSR count). The van der Waals surface area contributed by atoms with Crippen molar-refractivity contribution in [3.05, 3.63) is 64.0 Å². The van der Waals surface area contributed by atoms with Gasteiger partial charge in [-0.2, -0.15) is 0 Å². The van der Waals surface area contributed by atoms with E-state index in [1.165, 1.54) is 11.8 Å². The molecule has 2 aromatic carbocycles. The van der Waals surface area contributed by atoms with E-state index >= 15 is 0 Å². The lowest BCUT2D eigenvalue weighted by molar-refractivity contribution is -0.121. The summed E-state index contributed by atoms with van der Waals surface area (Å²) in [5.74, 6) is 0.753. The number of halogens is 1. The molecule has 0 spiro atoms. The number of ether oxygens (including phenoxy) is 1. The highest BCUT2D eigenvalue weighted by atomic mass is 35.5. The van der Waals surface area contributed by atoms with E-state index in [0.717, 1.165) is 17.0 Å². The number of amides is 1. The van der Waals surface area contributed by atoms with Crippen molar-refractivity contribution in [2.45, 2.75) is 6.92 Å². The van der Waals surface area contributed by atoms with Crippen molar-refractivity contribution in [1.29, 1.82) is 0 Å². The Labute approximate surface area is 156 Å². The second kappa shape index (κ2) is 7.76. The third-order valence-electron chi connectivity index (χ3n) is 3.54. The molecule has 1 fully saturated rings. The molecule has 1 amide bonds. The summed E-state index contributed by atoms with van der Waals surface area (Å²) in [6.45, 7) is 2.57. The van der Waals surface area contributed by atoms with Crippen LogP contribution in [0.2, 0.25) is 5.02 Å². The fraction of sp³-hybridized carbons (Fsp3) is 0.158. The van der Waals surface area contributed by atoms with Gasteiger partial charge in [-0.1, -0.05) is 23.7 Å². The third-order valence-corrected chi connectivity index (χ3v) is 4.86. The molecule has 0 N–H and O–H groups in total. The molecule has 4 nitrogen and oxygen atoms in total. The van der Waals surface area contributed by atoms with Gasteiger partial charge in [0.25, 0.3) is 5.91 Å². The summed E-state index contributed by atoms with van der Waals surface area (Å²) in [7, 11) is 1.73. The fourth-order valence-electron chi connectivity index (χ4n) is 2.26. The summed E-state index contributed by atoms with van der Waals surface area (Å²) in [5, 5.41) is 1.30. The van der Waals surface area contributed by atoms with Crippen LogP contribution in [0.4, 0.5) is 5.69 Å². The first-order valence-electron chi connectivity index (χ1n) is 7.81. The predicted octanol–water partition coefficient (Wildman–Crippen LogP) is 4.97. The number of carbonyl (C=O) groups is 1. The van der Waals surface area contributed by atoms with Gasteiger partial charge in [-0.25, -0.2) is 4.99 Å². The van der Waals surface area contributed by atoms with Gasteiger partial charge in [0.05, 0.1) is 17.2 Å². The van der Waals surface area contributed by atoms with Crippen LogP contribution in [0.1, 0.15) is 12.5 Å². The lowest BCUT2D eigenvalue weighted by atomic mass is 10.2. The molecule has 25 heavy (non-hydrogen) atoms. The maximum Gasteiger partial charge on any atom is 0.266 e. The molecule has 1 aliphatic rings. The number of aliphatic imine (C=N–C) groups is 1. The van der Waals surface area contributed by atoms with Crippen molar-refractivity contribution in [3.63, 3.8) is 0 Å². The average molecular weight is 373 g/mol.